The smallest absolute Gasteiger partial charge is 0.309 e. The highest BCUT2D eigenvalue weighted by molar-refractivity contribution is 6.14. The first kappa shape index (κ1) is 52.3. The summed E-state index contributed by atoms with van der Waals surface area (Å²) in [5.74, 6) is 6.40. The minimum atomic E-state index is -4.84. The van der Waals surface area contributed by atoms with E-state index in [0.717, 1.165) is 71.9 Å². The van der Waals surface area contributed by atoms with Crippen LogP contribution < -0.4 is 0 Å². The molecule has 0 amide bonds. The Balaban J connectivity index is 1.14. The van der Waals surface area contributed by atoms with E-state index >= 15 is 13.2 Å². The molecule has 0 spiro atoms. The third kappa shape index (κ3) is 9.13. The number of halogens is 3. The molecule has 13 aromatic rings. The SMILES string of the molecule is Cc1nc(C)nc(-c2ccc3c(c2)c2cc(-c4nc(C)nc(C)n4)ccc2n3-c2ccc(-c3ccc(C#N)cc3C(F)(F)F)cc2-c2c(C#N)cccc2-n2c3ccc(-c4nc(C)nc(C)n4)cc3c3cc(-c4nc(C)nc(C)n4)ccc32)n1. The van der Waals surface area contributed by atoms with Crippen LogP contribution in [0.2, 0.25) is 0 Å². The fourth-order valence-corrected chi connectivity index (χ4v) is 11.4. The van der Waals surface area contributed by atoms with Crippen molar-refractivity contribution < 1.29 is 13.2 Å². The number of hydrogen-bond acceptors (Lipinski definition) is 14. The Bertz CT molecular complexity index is 4750. The Morgan fingerprint density at radius 3 is 1.08 bits per heavy atom. The first-order valence-electron chi connectivity index (χ1n) is 26.6. The minimum absolute atomic E-state index is 0.145. The molecule has 0 radical (unpaired) electrons. The number of alkyl halides is 3. The summed E-state index contributed by atoms with van der Waals surface area (Å²) >= 11 is 0. The zero-order valence-electron chi connectivity index (χ0n) is 46.4. The average molecular weight is 1110 g/mol. The maximum Gasteiger partial charge on any atom is 0.417 e. The van der Waals surface area contributed by atoms with Gasteiger partial charge in [0.1, 0.15) is 46.6 Å². The molecule has 0 aliphatic rings. The lowest BCUT2D eigenvalue weighted by molar-refractivity contribution is -0.137. The Morgan fingerprint density at radius 1 is 0.357 bits per heavy atom. The standard InChI is InChI=1S/C65H45F3N16/c1-32-71-33(2)76-61(75-32)42-14-20-54-48(26-42)49-27-43(62-77-34(3)72-35(4)78-62)15-21-55(49)83(54)58-19-13-41(47-18-12-40(30-69)24-53(47)65(66,67)68)25-52(58)60-46(31-70)10-9-11-59(60)84-56-22-16-44(63-79-36(5)73-37(6)80-63)28-50(56)51-29-45(17-23-57(51)84)64-81-38(7)74-39(8)82-64/h9-29H,1-8H3. The fourth-order valence-electron chi connectivity index (χ4n) is 11.4. The van der Waals surface area contributed by atoms with Gasteiger partial charge in [-0.05, 0) is 176 Å². The molecule has 16 nitrogen and oxygen atoms in total. The molecule has 7 aromatic carbocycles. The van der Waals surface area contributed by atoms with Crippen LogP contribution in [0.25, 0.3) is 123 Å². The number of rotatable bonds is 8. The summed E-state index contributed by atoms with van der Waals surface area (Å²) < 4.78 is 50.1. The first-order valence-corrected chi connectivity index (χ1v) is 26.6. The fraction of sp³-hybridized carbons (Fsp3) is 0.138. The molecule has 0 fully saturated rings. The van der Waals surface area contributed by atoms with E-state index in [1.807, 2.05) is 140 Å². The lowest BCUT2D eigenvalue weighted by Crippen LogP contribution is -2.08. The van der Waals surface area contributed by atoms with E-state index in [9.17, 15) is 10.5 Å². The van der Waals surface area contributed by atoms with Gasteiger partial charge in [-0.3, -0.25) is 0 Å². The normalized spacial score (nSPS) is 11.7. The molecule has 406 valence electrons. The second kappa shape index (κ2) is 19.9. The molecule has 0 bridgehead atoms. The first-order chi connectivity index (χ1) is 40.4. The van der Waals surface area contributed by atoms with Gasteiger partial charge >= 0.3 is 6.18 Å². The number of benzene rings is 7. The monoisotopic (exact) mass is 1110 g/mol. The molecule has 84 heavy (non-hydrogen) atoms. The van der Waals surface area contributed by atoms with Crippen molar-refractivity contribution in [2.45, 2.75) is 61.6 Å². The van der Waals surface area contributed by atoms with Crippen LogP contribution in [-0.2, 0) is 6.18 Å². The van der Waals surface area contributed by atoms with Gasteiger partial charge < -0.3 is 9.13 Å². The van der Waals surface area contributed by atoms with E-state index in [1.165, 1.54) is 12.1 Å². The highest BCUT2D eigenvalue weighted by atomic mass is 19.4. The largest absolute Gasteiger partial charge is 0.417 e. The predicted octanol–water partition coefficient (Wildman–Crippen LogP) is 13.9. The van der Waals surface area contributed by atoms with Gasteiger partial charge in [-0.1, -0.05) is 18.2 Å². The van der Waals surface area contributed by atoms with Gasteiger partial charge in [0.2, 0.25) is 0 Å². The number of aromatic nitrogens is 14. The summed E-state index contributed by atoms with van der Waals surface area (Å²) in [5, 5.41) is 24.5. The topological polar surface area (TPSA) is 212 Å². The molecule has 13 rings (SSSR count). The summed E-state index contributed by atoms with van der Waals surface area (Å²) in [6.07, 6.45) is -4.84. The van der Waals surface area contributed by atoms with E-state index in [2.05, 4.69) is 35.1 Å². The summed E-state index contributed by atoms with van der Waals surface area (Å²) in [6, 6.07) is 42.2. The van der Waals surface area contributed by atoms with Crippen molar-refractivity contribution in [1.82, 2.24) is 68.9 Å². The lowest BCUT2D eigenvalue weighted by atomic mass is 9.90. The molecule has 0 saturated carbocycles. The van der Waals surface area contributed by atoms with E-state index < -0.39 is 11.7 Å². The summed E-state index contributed by atoms with van der Waals surface area (Å²) in [5.41, 5.74) is 6.91. The van der Waals surface area contributed by atoms with Gasteiger partial charge in [-0.25, -0.2) is 59.8 Å². The average Bonchev–Trinajstić information content (AvgIpc) is 1.83. The number of aryl methyl sites for hydroxylation is 8. The molecule has 0 saturated heterocycles. The predicted molar refractivity (Wildman–Crippen MR) is 314 cm³/mol. The molecule has 0 aliphatic carbocycles. The van der Waals surface area contributed by atoms with Gasteiger partial charge in [0.25, 0.3) is 0 Å². The summed E-state index contributed by atoms with van der Waals surface area (Å²) in [7, 11) is 0. The molecule has 6 aromatic heterocycles. The van der Waals surface area contributed by atoms with Gasteiger partial charge in [-0.2, -0.15) is 23.7 Å². The molecule has 19 heteroatoms. The molecule has 0 N–H and O–H groups in total. The Hall–Kier alpha value is -11.1. The van der Waals surface area contributed by atoms with Crippen LogP contribution in [-0.4, -0.2) is 68.9 Å². The zero-order chi connectivity index (χ0) is 58.5. The quantitative estimate of drug-likeness (QED) is 0.138. The van der Waals surface area contributed by atoms with Crippen LogP contribution in [0.1, 0.15) is 63.3 Å². The number of hydrogen-bond donors (Lipinski definition) is 0. The minimum Gasteiger partial charge on any atom is -0.309 e. The van der Waals surface area contributed by atoms with E-state index in [4.69, 9.17) is 39.9 Å². The van der Waals surface area contributed by atoms with Crippen molar-refractivity contribution in [2.24, 2.45) is 0 Å². The van der Waals surface area contributed by atoms with Crippen LogP contribution in [0, 0.1) is 78.1 Å². The zero-order valence-corrected chi connectivity index (χ0v) is 46.4. The Kier molecular flexibility index (Phi) is 12.4. The molecule has 0 atom stereocenters. The van der Waals surface area contributed by atoms with Crippen LogP contribution in [0.4, 0.5) is 13.2 Å². The van der Waals surface area contributed by atoms with Crippen molar-refractivity contribution in [2.75, 3.05) is 0 Å². The Morgan fingerprint density at radius 2 is 0.726 bits per heavy atom. The van der Waals surface area contributed by atoms with Crippen molar-refractivity contribution in [3.8, 4) is 91.3 Å². The van der Waals surface area contributed by atoms with E-state index in [-0.39, 0.29) is 22.3 Å². The Labute approximate surface area is 477 Å². The van der Waals surface area contributed by atoms with Gasteiger partial charge in [-0.15, -0.1) is 0 Å². The molecule has 0 aliphatic heterocycles. The lowest BCUT2D eigenvalue weighted by Gasteiger charge is -2.21. The van der Waals surface area contributed by atoms with Gasteiger partial charge in [0.15, 0.2) is 23.3 Å². The number of nitrogens with zero attached hydrogens (tertiary/aromatic N) is 16. The van der Waals surface area contributed by atoms with Crippen molar-refractivity contribution in [1.29, 1.82) is 10.5 Å². The highest BCUT2D eigenvalue weighted by Crippen LogP contribution is 2.47. The van der Waals surface area contributed by atoms with Crippen LogP contribution in [0.5, 0.6) is 0 Å². The van der Waals surface area contributed by atoms with Crippen molar-refractivity contribution in [3.05, 3.63) is 191 Å². The second-order valence-corrected chi connectivity index (χ2v) is 20.5. The van der Waals surface area contributed by atoms with E-state index in [1.54, 1.807) is 30.3 Å². The molecular weight excluding hydrogens is 1060 g/mol. The van der Waals surface area contributed by atoms with Gasteiger partial charge in [0, 0.05) is 54.9 Å². The van der Waals surface area contributed by atoms with Crippen LogP contribution in [0.15, 0.2) is 127 Å². The maximum absolute atomic E-state index is 15.3. The number of fused-ring (bicyclic) bond motifs is 6. The highest BCUT2D eigenvalue weighted by Gasteiger charge is 2.35. The maximum atomic E-state index is 15.3. The van der Waals surface area contributed by atoms with Crippen LogP contribution >= 0.6 is 0 Å². The summed E-state index contributed by atoms with van der Waals surface area (Å²) in [6.45, 7) is 14.5. The molecule has 6 heterocycles. The third-order valence-electron chi connectivity index (χ3n) is 14.7. The van der Waals surface area contributed by atoms with Gasteiger partial charge in [0.05, 0.1) is 62.3 Å². The second-order valence-electron chi connectivity index (χ2n) is 20.5. The number of nitriles is 2. The van der Waals surface area contributed by atoms with Crippen molar-refractivity contribution >= 4 is 43.6 Å². The van der Waals surface area contributed by atoms with E-state index in [0.29, 0.717) is 92.4 Å². The molecule has 0 unspecified atom stereocenters. The van der Waals surface area contributed by atoms with Crippen LogP contribution in [0.3, 0.4) is 0 Å². The molecular formula is C65H45F3N16. The third-order valence-corrected chi connectivity index (χ3v) is 14.7. The summed E-state index contributed by atoms with van der Waals surface area (Å²) in [4.78, 5) is 55.4. The van der Waals surface area contributed by atoms with Crippen molar-refractivity contribution in [3.63, 3.8) is 0 Å².